The van der Waals surface area contributed by atoms with Crippen LogP contribution >= 0.6 is 0 Å². The third-order valence-corrected chi connectivity index (χ3v) is 3.36. The molecule has 0 rings (SSSR count). The van der Waals surface area contributed by atoms with Gasteiger partial charge in [-0.3, -0.25) is 4.79 Å². The van der Waals surface area contributed by atoms with Crippen LogP contribution in [0.25, 0.3) is 0 Å². The number of nitrogens with two attached hydrogens (primary N) is 1. The van der Waals surface area contributed by atoms with Gasteiger partial charge >= 0.3 is 0 Å². The van der Waals surface area contributed by atoms with Crippen LogP contribution in [0.2, 0.25) is 0 Å². The van der Waals surface area contributed by atoms with Gasteiger partial charge in [-0.2, -0.15) is 0 Å². The first-order valence-electron chi connectivity index (χ1n) is 8.39. The van der Waals surface area contributed by atoms with E-state index in [0.29, 0.717) is 65.9 Å². The second-order valence-corrected chi connectivity index (χ2v) is 5.31. The number of carbonyl (C=O) groups is 1. The summed E-state index contributed by atoms with van der Waals surface area (Å²) in [5.41, 5.74) is 5.29. The molecular weight excluding hydrogens is 300 g/mol. The molecule has 7 nitrogen and oxygen atoms in total. The van der Waals surface area contributed by atoms with E-state index < -0.39 is 0 Å². The number of carbonyl (C=O) groups excluding carboxylic acids is 1. The first-order valence-corrected chi connectivity index (χ1v) is 8.39. The molecule has 1 unspecified atom stereocenters. The fraction of sp³-hybridized carbons (Fsp3) is 0.938. The predicted molar refractivity (Wildman–Crippen MR) is 89.4 cm³/mol. The van der Waals surface area contributed by atoms with Gasteiger partial charge in [-0.15, -0.1) is 0 Å². The molecular formula is C16H34N2O5. The average molecular weight is 334 g/mol. The average Bonchev–Trinajstić information content (AvgIpc) is 2.57. The molecule has 0 aliphatic heterocycles. The molecule has 0 aliphatic carbocycles. The Morgan fingerprint density at radius 1 is 0.913 bits per heavy atom. The molecule has 1 amide bonds. The largest absolute Gasteiger partial charge is 0.378 e. The number of nitrogens with zero attached hydrogens (tertiary/aromatic N) is 1. The molecule has 0 spiro atoms. The fourth-order valence-electron chi connectivity index (χ4n) is 1.71. The number of rotatable bonds is 16. The highest BCUT2D eigenvalue weighted by Gasteiger charge is 2.14. The van der Waals surface area contributed by atoms with Crippen LogP contribution < -0.4 is 5.73 Å². The van der Waals surface area contributed by atoms with E-state index in [1.807, 2.05) is 20.9 Å². The van der Waals surface area contributed by atoms with Gasteiger partial charge in [-0.1, -0.05) is 13.8 Å². The van der Waals surface area contributed by atoms with Crippen LogP contribution in [0.4, 0.5) is 0 Å². The summed E-state index contributed by atoms with van der Waals surface area (Å²) in [7, 11) is 1.81. The van der Waals surface area contributed by atoms with Crippen molar-refractivity contribution in [3.63, 3.8) is 0 Å². The molecule has 0 fully saturated rings. The lowest BCUT2D eigenvalue weighted by atomic mass is 10.1. The Kier molecular flexibility index (Phi) is 15.6. The highest BCUT2D eigenvalue weighted by atomic mass is 16.6. The van der Waals surface area contributed by atoms with Crippen LogP contribution in [0.3, 0.4) is 0 Å². The predicted octanol–water partition coefficient (Wildman–Crippen LogP) is 0.516. The molecule has 0 aliphatic rings. The number of ether oxygens (including phenoxy) is 4. The number of hydrogen-bond acceptors (Lipinski definition) is 6. The van der Waals surface area contributed by atoms with Crippen LogP contribution in [0.5, 0.6) is 0 Å². The van der Waals surface area contributed by atoms with Crippen molar-refractivity contribution in [2.45, 2.75) is 20.3 Å². The van der Waals surface area contributed by atoms with E-state index in [9.17, 15) is 4.79 Å². The van der Waals surface area contributed by atoms with Gasteiger partial charge in [0.15, 0.2) is 0 Å². The van der Waals surface area contributed by atoms with E-state index in [-0.39, 0.29) is 11.8 Å². The van der Waals surface area contributed by atoms with E-state index >= 15 is 0 Å². The number of hydrogen-bond donors (Lipinski definition) is 1. The van der Waals surface area contributed by atoms with Crippen LogP contribution in [-0.4, -0.2) is 83.8 Å². The van der Waals surface area contributed by atoms with Gasteiger partial charge in [-0.25, -0.2) is 0 Å². The summed E-state index contributed by atoms with van der Waals surface area (Å²) in [6, 6.07) is 0. The lowest BCUT2D eigenvalue weighted by Crippen LogP contribution is -2.34. The molecule has 0 aromatic carbocycles. The third-order valence-electron chi connectivity index (χ3n) is 3.36. The molecule has 23 heavy (non-hydrogen) atoms. The minimum Gasteiger partial charge on any atom is -0.378 e. The smallest absolute Gasteiger partial charge is 0.225 e. The van der Waals surface area contributed by atoms with Gasteiger partial charge in [0.25, 0.3) is 0 Å². The SMILES string of the molecule is CCC(C)C(=O)N(C)CCOCCOCCOCCOCCN. The topological polar surface area (TPSA) is 83.2 Å². The van der Waals surface area contributed by atoms with Crippen LogP contribution in [0.1, 0.15) is 20.3 Å². The molecule has 0 saturated carbocycles. The first kappa shape index (κ1) is 22.3. The van der Waals surface area contributed by atoms with E-state index in [1.165, 1.54) is 0 Å². The van der Waals surface area contributed by atoms with E-state index in [4.69, 9.17) is 24.7 Å². The maximum absolute atomic E-state index is 11.8. The zero-order valence-corrected chi connectivity index (χ0v) is 14.9. The summed E-state index contributed by atoms with van der Waals surface area (Å²) >= 11 is 0. The summed E-state index contributed by atoms with van der Waals surface area (Å²) in [6.45, 7) is 9.42. The Labute approximate surface area is 140 Å². The Morgan fingerprint density at radius 2 is 1.35 bits per heavy atom. The monoisotopic (exact) mass is 334 g/mol. The van der Waals surface area contributed by atoms with Gasteiger partial charge in [-0.05, 0) is 6.42 Å². The van der Waals surface area contributed by atoms with Crippen molar-refractivity contribution < 1.29 is 23.7 Å². The van der Waals surface area contributed by atoms with Gasteiger partial charge in [0.05, 0.1) is 52.9 Å². The summed E-state index contributed by atoms with van der Waals surface area (Å²) in [5.74, 6) is 0.240. The standard InChI is InChI=1S/C16H34N2O5/c1-4-15(2)16(19)18(3)6-8-21-10-12-23-14-13-22-11-9-20-7-5-17/h15H,4-14,17H2,1-3H3. The zero-order chi connectivity index (χ0) is 17.3. The molecule has 0 bridgehead atoms. The molecule has 0 aromatic heterocycles. The molecule has 0 heterocycles. The highest BCUT2D eigenvalue weighted by Crippen LogP contribution is 2.04. The fourth-order valence-corrected chi connectivity index (χ4v) is 1.71. The van der Waals surface area contributed by atoms with E-state index in [1.54, 1.807) is 4.90 Å². The van der Waals surface area contributed by atoms with Gasteiger partial charge in [0.2, 0.25) is 5.91 Å². The van der Waals surface area contributed by atoms with Crippen molar-refractivity contribution in [2.75, 3.05) is 73.0 Å². The summed E-state index contributed by atoms with van der Waals surface area (Å²) in [4.78, 5) is 13.6. The molecule has 0 radical (unpaired) electrons. The van der Waals surface area contributed by atoms with Crippen molar-refractivity contribution in [2.24, 2.45) is 11.7 Å². The van der Waals surface area contributed by atoms with Gasteiger partial charge < -0.3 is 29.6 Å². The van der Waals surface area contributed by atoms with Crippen molar-refractivity contribution in [3.05, 3.63) is 0 Å². The van der Waals surface area contributed by atoms with Gasteiger partial charge in [0, 0.05) is 26.1 Å². The summed E-state index contributed by atoms with van der Waals surface area (Å²) < 4.78 is 21.3. The first-order chi connectivity index (χ1) is 11.1. The minimum absolute atomic E-state index is 0.0732. The molecule has 2 N–H and O–H groups in total. The lowest BCUT2D eigenvalue weighted by Gasteiger charge is -2.20. The van der Waals surface area contributed by atoms with Crippen molar-refractivity contribution in [1.82, 2.24) is 4.90 Å². The van der Waals surface area contributed by atoms with Gasteiger partial charge in [0.1, 0.15) is 0 Å². The molecule has 138 valence electrons. The molecule has 0 saturated heterocycles. The van der Waals surface area contributed by atoms with Crippen LogP contribution in [0, 0.1) is 5.92 Å². The molecule has 0 aromatic rings. The second kappa shape index (κ2) is 16.1. The molecule has 1 atom stereocenters. The maximum Gasteiger partial charge on any atom is 0.225 e. The summed E-state index contributed by atoms with van der Waals surface area (Å²) in [6.07, 6.45) is 0.860. The van der Waals surface area contributed by atoms with Crippen LogP contribution in [-0.2, 0) is 23.7 Å². The maximum atomic E-state index is 11.8. The van der Waals surface area contributed by atoms with Crippen molar-refractivity contribution in [3.8, 4) is 0 Å². The highest BCUT2D eigenvalue weighted by molar-refractivity contribution is 5.78. The molecule has 7 heteroatoms. The van der Waals surface area contributed by atoms with Crippen molar-refractivity contribution >= 4 is 5.91 Å². The Hall–Kier alpha value is -0.730. The van der Waals surface area contributed by atoms with E-state index in [2.05, 4.69) is 0 Å². The zero-order valence-electron chi connectivity index (χ0n) is 14.9. The normalized spacial score (nSPS) is 12.3. The van der Waals surface area contributed by atoms with E-state index in [0.717, 1.165) is 6.42 Å². The third kappa shape index (κ3) is 13.4. The minimum atomic E-state index is 0.0732. The number of likely N-dealkylation sites (N-methyl/N-ethyl adjacent to an activating group) is 1. The quantitative estimate of drug-likeness (QED) is 0.414. The Bertz CT molecular complexity index is 279. The Balaban J connectivity index is 3.26. The number of amides is 1. The Morgan fingerprint density at radius 3 is 1.78 bits per heavy atom. The second-order valence-electron chi connectivity index (χ2n) is 5.31. The van der Waals surface area contributed by atoms with Crippen molar-refractivity contribution in [1.29, 1.82) is 0 Å². The lowest BCUT2D eigenvalue weighted by molar-refractivity contribution is -0.134. The summed E-state index contributed by atoms with van der Waals surface area (Å²) in [5, 5.41) is 0. The van der Waals surface area contributed by atoms with Crippen LogP contribution in [0.15, 0.2) is 0 Å².